The number of nitrogens with zero attached hydrogens (tertiary/aromatic N) is 5. The van der Waals surface area contributed by atoms with Crippen LogP contribution in [0.2, 0.25) is 0 Å². The highest BCUT2D eigenvalue weighted by atomic mass is 15.1. The molecule has 0 radical (unpaired) electrons. The summed E-state index contributed by atoms with van der Waals surface area (Å²) in [6.45, 7) is 2.66. The summed E-state index contributed by atoms with van der Waals surface area (Å²) >= 11 is 0. The van der Waals surface area contributed by atoms with Crippen molar-refractivity contribution in [2.24, 2.45) is 12.0 Å². The number of imidazole rings is 1. The minimum Gasteiger partial charge on any atom is -0.340 e. The quantitative estimate of drug-likeness (QED) is 0.443. The molecule has 4 rings (SSSR count). The lowest BCUT2D eigenvalue weighted by atomic mass is 10.2. The number of hydrogen-bond donors (Lipinski definition) is 1. The highest BCUT2D eigenvalue weighted by Crippen LogP contribution is 2.27. The Hall–Kier alpha value is -3.41. The van der Waals surface area contributed by atoms with E-state index in [-0.39, 0.29) is 0 Å². The number of pyridine rings is 1. The first-order valence-electron chi connectivity index (χ1n) is 8.84. The maximum atomic E-state index is 8.35. The molecule has 6 heteroatoms. The van der Waals surface area contributed by atoms with Gasteiger partial charge in [0.2, 0.25) is 0 Å². The third-order valence-corrected chi connectivity index (χ3v) is 4.80. The first-order valence-corrected chi connectivity index (χ1v) is 8.84. The van der Waals surface area contributed by atoms with E-state index in [9.17, 15) is 0 Å². The molecule has 0 aliphatic rings. The molecule has 0 unspecified atom stereocenters. The van der Waals surface area contributed by atoms with E-state index in [4.69, 9.17) is 5.41 Å². The molecule has 1 N–H and O–H groups in total. The number of aliphatic imine (C=N–C) groups is 1. The largest absolute Gasteiger partial charge is 0.340 e. The summed E-state index contributed by atoms with van der Waals surface area (Å²) in [5.41, 5.74) is 5.58. The number of rotatable bonds is 3. The summed E-state index contributed by atoms with van der Waals surface area (Å²) in [6.07, 6.45) is 3.82. The van der Waals surface area contributed by atoms with Gasteiger partial charge in [0.05, 0.1) is 23.1 Å². The lowest BCUT2D eigenvalue weighted by Gasteiger charge is -2.11. The summed E-state index contributed by atoms with van der Waals surface area (Å²) in [5, 5.41) is 8.35. The molecule has 0 amide bonds. The fraction of sp³-hybridized carbons (Fsp3) is 0.190. The smallest absolute Gasteiger partial charge is 0.130 e. The zero-order valence-electron chi connectivity index (χ0n) is 15.7. The van der Waals surface area contributed by atoms with Crippen molar-refractivity contribution in [2.45, 2.75) is 13.5 Å². The Bertz CT molecular complexity index is 1190. The van der Waals surface area contributed by atoms with Crippen LogP contribution in [0.15, 0.2) is 66.0 Å². The van der Waals surface area contributed by atoms with Crippen LogP contribution in [0.25, 0.3) is 22.4 Å². The summed E-state index contributed by atoms with van der Waals surface area (Å²) in [7, 11) is 3.72. The van der Waals surface area contributed by atoms with Gasteiger partial charge in [-0.05, 0) is 30.7 Å². The van der Waals surface area contributed by atoms with Crippen LogP contribution >= 0.6 is 0 Å². The molecule has 0 saturated heterocycles. The van der Waals surface area contributed by atoms with E-state index in [0.717, 1.165) is 34.8 Å². The standard InChI is InChI=1S/C21H22N6/c1-15(23-2)27-20-11-19(17-13-25(3)14-24-17)26(18(20)9-10-21(27)22)12-16-7-5-4-6-8-16/h4-11,13-14,22H,12H2,1-3H3. The lowest BCUT2D eigenvalue weighted by Crippen LogP contribution is -2.24. The molecule has 3 aromatic heterocycles. The van der Waals surface area contributed by atoms with Gasteiger partial charge in [-0.3, -0.25) is 15.0 Å². The van der Waals surface area contributed by atoms with Gasteiger partial charge in [-0.25, -0.2) is 4.98 Å². The number of aryl methyl sites for hydroxylation is 1. The summed E-state index contributed by atoms with van der Waals surface area (Å²) in [4.78, 5) is 8.86. The van der Waals surface area contributed by atoms with E-state index in [1.807, 2.05) is 53.8 Å². The Morgan fingerprint density at radius 2 is 1.89 bits per heavy atom. The van der Waals surface area contributed by atoms with Crippen molar-refractivity contribution in [3.05, 3.63) is 72.1 Å². The summed E-state index contributed by atoms with van der Waals surface area (Å²) in [5.74, 6) is 0.787. The third kappa shape index (κ3) is 2.99. The second-order valence-electron chi connectivity index (χ2n) is 6.62. The molecule has 0 aliphatic carbocycles. The maximum Gasteiger partial charge on any atom is 0.130 e. The van der Waals surface area contributed by atoms with Crippen LogP contribution < -0.4 is 5.49 Å². The Morgan fingerprint density at radius 3 is 2.56 bits per heavy atom. The van der Waals surface area contributed by atoms with Gasteiger partial charge in [0.1, 0.15) is 17.0 Å². The van der Waals surface area contributed by atoms with Crippen LogP contribution in [0.5, 0.6) is 0 Å². The molecule has 0 fully saturated rings. The lowest BCUT2D eigenvalue weighted by molar-refractivity contribution is 0.840. The van der Waals surface area contributed by atoms with Crippen molar-refractivity contribution in [3.8, 4) is 11.4 Å². The third-order valence-electron chi connectivity index (χ3n) is 4.80. The molecule has 0 bridgehead atoms. The molecule has 136 valence electrons. The van der Waals surface area contributed by atoms with Crippen molar-refractivity contribution in [2.75, 3.05) is 7.05 Å². The van der Waals surface area contributed by atoms with E-state index in [1.165, 1.54) is 5.56 Å². The predicted molar refractivity (Wildman–Crippen MR) is 108 cm³/mol. The fourth-order valence-electron chi connectivity index (χ4n) is 3.41. The molecule has 6 nitrogen and oxygen atoms in total. The average molecular weight is 358 g/mol. The monoisotopic (exact) mass is 358 g/mol. The Morgan fingerprint density at radius 1 is 1.11 bits per heavy atom. The topological polar surface area (TPSA) is 63.9 Å². The van der Waals surface area contributed by atoms with Crippen molar-refractivity contribution in [1.82, 2.24) is 18.7 Å². The zero-order valence-corrected chi connectivity index (χ0v) is 15.7. The van der Waals surface area contributed by atoms with Crippen LogP contribution in [0.3, 0.4) is 0 Å². The SMILES string of the molecule is CN=C(C)n1c(=N)ccc2c1cc(-c1cn(C)cn1)n2Cc1ccccc1. The fourth-order valence-corrected chi connectivity index (χ4v) is 3.41. The Balaban J connectivity index is 2.02. The van der Waals surface area contributed by atoms with Gasteiger partial charge < -0.3 is 9.13 Å². The van der Waals surface area contributed by atoms with Crippen LogP contribution in [0, 0.1) is 5.41 Å². The molecule has 0 saturated carbocycles. The first-order chi connectivity index (χ1) is 13.1. The summed E-state index contributed by atoms with van der Waals surface area (Å²) < 4.78 is 6.08. The van der Waals surface area contributed by atoms with Crippen molar-refractivity contribution in [3.63, 3.8) is 0 Å². The molecule has 0 atom stereocenters. The summed E-state index contributed by atoms with van der Waals surface area (Å²) in [6, 6.07) is 16.3. The molecule has 3 heterocycles. The van der Waals surface area contributed by atoms with E-state index < -0.39 is 0 Å². The molecular weight excluding hydrogens is 336 g/mol. The van der Waals surface area contributed by atoms with Gasteiger partial charge in [0.25, 0.3) is 0 Å². The second-order valence-corrected chi connectivity index (χ2v) is 6.62. The predicted octanol–water partition coefficient (Wildman–Crippen LogP) is 3.27. The molecule has 1 aromatic carbocycles. The minimum atomic E-state index is 0.412. The van der Waals surface area contributed by atoms with Gasteiger partial charge in [-0.2, -0.15) is 0 Å². The van der Waals surface area contributed by atoms with Crippen LogP contribution in [0.4, 0.5) is 0 Å². The normalized spacial score (nSPS) is 12.0. The van der Waals surface area contributed by atoms with Gasteiger partial charge in [-0.15, -0.1) is 0 Å². The minimum absolute atomic E-state index is 0.412. The molecule has 0 aliphatic heterocycles. The molecule has 0 spiro atoms. The van der Waals surface area contributed by atoms with E-state index >= 15 is 0 Å². The number of hydrogen-bond acceptors (Lipinski definition) is 3. The molecular formula is C21H22N6. The van der Waals surface area contributed by atoms with Crippen LogP contribution in [-0.2, 0) is 13.6 Å². The van der Waals surface area contributed by atoms with Crippen molar-refractivity contribution >= 4 is 16.9 Å². The Kier molecular flexibility index (Phi) is 4.24. The first kappa shape index (κ1) is 17.0. The van der Waals surface area contributed by atoms with Crippen molar-refractivity contribution in [1.29, 1.82) is 5.41 Å². The molecule has 27 heavy (non-hydrogen) atoms. The number of nitrogens with one attached hydrogen (secondary N) is 1. The highest BCUT2D eigenvalue weighted by Gasteiger charge is 2.16. The van der Waals surface area contributed by atoms with Crippen molar-refractivity contribution < 1.29 is 0 Å². The van der Waals surface area contributed by atoms with Crippen LogP contribution in [0.1, 0.15) is 12.5 Å². The van der Waals surface area contributed by atoms with Gasteiger partial charge >= 0.3 is 0 Å². The van der Waals surface area contributed by atoms with E-state index in [2.05, 4.69) is 44.9 Å². The van der Waals surface area contributed by atoms with E-state index in [0.29, 0.717) is 5.49 Å². The maximum absolute atomic E-state index is 8.35. The zero-order chi connectivity index (χ0) is 19.0. The van der Waals surface area contributed by atoms with Crippen LogP contribution in [-0.4, -0.2) is 31.6 Å². The Labute approximate surface area is 157 Å². The number of aromatic nitrogens is 4. The van der Waals surface area contributed by atoms with E-state index in [1.54, 1.807) is 7.05 Å². The van der Waals surface area contributed by atoms with Gasteiger partial charge in [0.15, 0.2) is 0 Å². The molecule has 4 aromatic rings. The van der Waals surface area contributed by atoms with Gasteiger partial charge in [-0.1, -0.05) is 30.3 Å². The number of fused-ring (bicyclic) bond motifs is 1. The number of benzene rings is 1. The van der Waals surface area contributed by atoms with Gasteiger partial charge in [0, 0.05) is 26.8 Å². The second kappa shape index (κ2) is 6.72. The average Bonchev–Trinajstić information content (AvgIpc) is 3.26. The highest BCUT2D eigenvalue weighted by molar-refractivity contribution is 5.94.